The standard InChI is InChI=1S/C18H22O2/c1-15(2)16-9-11-18(12-10-16)20-14-6-13-19-17-7-4-3-5-8-17/h3-5,7-12,15H,6,13-14H2,1-2H3. The van der Waals surface area contributed by atoms with Crippen LogP contribution in [0.5, 0.6) is 11.5 Å². The molecule has 106 valence electrons. The Bertz CT molecular complexity index is 489. The third-order valence-electron chi connectivity index (χ3n) is 3.12. The van der Waals surface area contributed by atoms with E-state index in [-0.39, 0.29) is 0 Å². The summed E-state index contributed by atoms with van der Waals surface area (Å²) in [5, 5.41) is 0. The van der Waals surface area contributed by atoms with Gasteiger partial charge in [0.1, 0.15) is 11.5 Å². The van der Waals surface area contributed by atoms with E-state index >= 15 is 0 Å². The first-order valence-corrected chi connectivity index (χ1v) is 7.16. The van der Waals surface area contributed by atoms with Gasteiger partial charge in [0.25, 0.3) is 0 Å². The van der Waals surface area contributed by atoms with E-state index in [1.807, 2.05) is 42.5 Å². The Morgan fingerprint density at radius 3 is 1.85 bits per heavy atom. The molecule has 0 aromatic heterocycles. The highest BCUT2D eigenvalue weighted by atomic mass is 16.5. The number of ether oxygens (including phenoxy) is 2. The Labute approximate surface area is 121 Å². The third-order valence-corrected chi connectivity index (χ3v) is 3.12. The molecule has 0 unspecified atom stereocenters. The quantitative estimate of drug-likeness (QED) is 0.681. The molecule has 2 aromatic rings. The van der Waals surface area contributed by atoms with Crippen LogP contribution in [0.2, 0.25) is 0 Å². The molecule has 20 heavy (non-hydrogen) atoms. The minimum absolute atomic E-state index is 0.559. The first-order chi connectivity index (χ1) is 9.75. The fourth-order valence-corrected chi connectivity index (χ4v) is 1.90. The van der Waals surface area contributed by atoms with Gasteiger partial charge in [-0.3, -0.25) is 0 Å². The predicted molar refractivity (Wildman–Crippen MR) is 82.6 cm³/mol. The summed E-state index contributed by atoms with van der Waals surface area (Å²) < 4.78 is 11.3. The summed E-state index contributed by atoms with van der Waals surface area (Å²) >= 11 is 0. The maximum Gasteiger partial charge on any atom is 0.119 e. The van der Waals surface area contributed by atoms with E-state index in [4.69, 9.17) is 9.47 Å². The average molecular weight is 270 g/mol. The van der Waals surface area contributed by atoms with E-state index in [9.17, 15) is 0 Å². The molecule has 0 spiro atoms. The van der Waals surface area contributed by atoms with Gasteiger partial charge in [-0.15, -0.1) is 0 Å². The van der Waals surface area contributed by atoms with Crippen LogP contribution >= 0.6 is 0 Å². The zero-order valence-electron chi connectivity index (χ0n) is 12.2. The van der Waals surface area contributed by atoms with Crippen molar-refractivity contribution < 1.29 is 9.47 Å². The summed E-state index contributed by atoms with van der Waals surface area (Å²) in [6.45, 7) is 5.73. The van der Waals surface area contributed by atoms with Gasteiger partial charge in [0.05, 0.1) is 13.2 Å². The molecule has 0 aliphatic heterocycles. The maximum atomic E-state index is 5.70. The van der Waals surface area contributed by atoms with E-state index in [0.717, 1.165) is 17.9 Å². The minimum atomic E-state index is 0.559. The van der Waals surface area contributed by atoms with Gasteiger partial charge in [0.2, 0.25) is 0 Å². The fraction of sp³-hybridized carbons (Fsp3) is 0.333. The van der Waals surface area contributed by atoms with Crippen molar-refractivity contribution in [2.24, 2.45) is 0 Å². The summed E-state index contributed by atoms with van der Waals surface area (Å²) in [4.78, 5) is 0. The van der Waals surface area contributed by atoms with Gasteiger partial charge in [0.15, 0.2) is 0 Å². The monoisotopic (exact) mass is 270 g/mol. The van der Waals surface area contributed by atoms with Gasteiger partial charge < -0.3 is 9.47 Å². The van der Waals surface area contributed by atoms with Crippen LogP contribution in [0.15, 0.2) is 54.6 Å². The predicted octanol–water partition coefficient (Wildman–Crippen LogP) is 4.66. The van der Waals surface area contributed by atoms with Gasteiger partial charge in [-0.1, -0.05) is 44.2 Å². The van der Waals surface area contributed by atoms with Crippen LogP contribution in [-0.2, 0) is 0 Å². The highest BCUT2D eigenvalue weighted by Gasteiger charge is 1.99. The molecule has 2 aromatic carbocycles. The van der Waals surface area contributed by atoms with Crippen LogP contribution in [0.1, 0.15) is 31.7 Å². The minimum Gasteiger partial charge on any atom is -0.493 e. The molecule has 2 nitrogen and oxygen atoms in total. The molecule has 0 amide bonds. The molecule has 0 saturated carbocycles. The lowest BCUT2D eigenvalue weighted by molar-refractivity contribution is 0.247. The Balaban J connectivity index is 1.66. The number of hydrogen-bond acceptors (Lipinski definition) is 2. The summed E-state index contributed by atoms with van der Waals surface area (Å²) in [7, 11) is 0. The number of rotatable bonds is 7. The van der Waals surface area contributed by atoms with Crippen molar-refractivity contribution in [1.82, 2.24) is 0 Å². The van der Waals surface area contributed by atoms with Gasteiger partial charge in [-0.05, 0) is 35.7 Å². The second-order valence-electron chi connectivity index (χ2n) is 5.09. The van der Waals surface area contributed by atoms with Gasteiger partial charge in [-0.2, -0.15) is 0 Å². The lowest BCUT2D eigenvalue weighted by Crippen LogP contribution is -2.05. The molecule has 0 aliphatic rings. The van der Waals surface area contributed by atoms with E-state index in [0.29, 0.717) is 19.1 Å². The first kappa shape index (κ1) is 14.4. The van der Waals surface area contributed by atoms with Crippen molar-refractivity contribution in [3.8, 4) is 11.5 Å². The van der Waals surface area contributed by atoms with Crippen molar-refractivity contribution in [2.45, 2.75) is 26.2 Å². The van der Waals surface area contributed by atoms with Gasteiger partial charge in [-0.25, -0.2) is 0 Å². The van der Waals surface area contributed by atoms with Crippen molar-refractivity contribution >= 4 is 0 Å². The van der Waals surface area contributed by atoms with Crippen molar-refractivity contribution in [3.05, 3.63) is 60.2 Å². The summed E-state index contributed by atoms with van der Waals surface area (Å²) in [5.41, 5.74) is 1.34. The zero-order chi connectivity index (χ0) is 14.2. The largest absolute Gasteiger partial charge is 0.493 e. The summed E-state index contributed by atoms with van der Waals surface area (Å²) in [5.74, 6) is 2.39. The molecule has 2 rings (SSSR count). The molecular weight excluding hydrogens is 248 g/mol. The maximum absolute atomic E-state index is 5.70. The topological polar surface area (TPSA) is 18.5 Å². The summed E-state index contributed by atoms with van der Waals surface area (Å²) in [6, 6.07) is 18.2. The van der Waals surface area contributed by atoms with Crippen LogP contribution in [0, 0.1) is 0 Å². The third kappa shape index (κ3) is 4.61. The SMILES string of the molecule is CC(C)c1ccc(OCCCOc2ccccc2)cc1. The molecular formula is C18H22O2. The lowest BCUT2D eigenvalue weighted by atomic mass is 10.0. The smallest absolute Gasteiger partial charge is 0.119 e. The van der Waals surface area contributed by atoms with Crippen molar-refractivity contribution in [1.29, 1.82) is 0 Å². The Morgan fingerprint density at radius 1 is 0.750 bits per heavy atom. The summed E-state index contributed by atoms with van der Waals surface area (Å²) in [6.07, 6.45) is 0.876. The van der Waals surface area contributed by atoms with Crippen molar-refractivity contribution in [2.75, 3.05) is 13.2 Å². The number of hydrogen-bond donors (Lipinski definition) is 0. The average Bonchev–Trinajstić information content (AvgIpc) is 2.48. The van der Waals surface area contributed by atoms with Crippen LogP contribution in [0.4, 0.5) is 0 Å². The Morgan fingerprint density at radius 2 is 1.30 bits per heavy atom. The Hall–Kier alpha value is -1.96. The zero-order valence-corrected chi connectivity index (χ0v) is 12.2. The molecule has 0 heterocycles. The van der Waals surface area contributed by atoms with E-state index in [1.165, 1.54) is 5.56 Å². The van der Waals surface area contributed by atoms with E-state index in [2.05, 4.69) is 26.0 Å². The van der Waals surface area contributed by atoms with E-state index in [1.54, 1.807) is 0 Å². The highest BCUT2D eigenvalue weighted by Crippen LogP contribution is 2.18. The molecule has 0 N–H and O–H groups in total. The second-order valence-corrected chi connectivity index (χ2v) is 5.09. The van der Waals surface area contributed by atoms with Crippen LogP contribution in [0.3, 0.4) is 0 Å². The number of benzene rings is 2. The number of para-hydroxylation sites is 1. The fourth-order valence-electron chi connectivity index (χ4n) is 1.90. The Kier molecular flexibility index (Phi) is 5.48. The molecule has 0 aliphatic carbocycles. The van der Waals surface area contributed by atoms with Gasteiger partial charge in [0, 0.05) is 6.42 Å². The second kappa shape index (κ2) is 7.59. The molecule has 0 bridgehead atoms. The van der Waals surface area contributed by atoms with E-state index < -0.39 is 0 Å². The normalized spacial score (nSPS) is 10.6. The van der Waals surface area contributed by atoms with Crippen LogP contribution in [-0.4, -0.2) is 13.2 Å². The molecule has 0 saturated heterocycles. The van der Waals surface area contributed by atoms with Crippen LogP contribution in [0.25, 0.3) is 0 Å². The van der Waals surface area contributed by atoms with Crippen LogP contribution < -0.4 is 9.47 Å². The van der Waals surface area contributed by atoms with Crippen molar-refractivity contribution in [3.63, 3.8) is 0 Å². The highest BCUT2D eigenvalue weighted by molar-refractivity contribution is 5.28. The molecule has 0 fully saturated rings. The lowest BCUT2D eigenvalue weighted by Gasteiger charge is -2.09. The molecule has 2 heteroatoms. The first-order valence-electron chi connectivity index (χ1n) is 7.16. The molecule has 0 radical (unpaired) electrons. The van der Waals surface area contributed by atoms with Gasteiger partial charge >= 0.3 is 0 Å². The molecule has 0 atom stereocenters.